The molecule has 0 saturated heterocycles. The first-order chi connectivity index (χ1) is 6.27. The zero-order chi connectivity index (χ0) is 9.84. The first-order valence-corrected chi connectivity index (χ1v) is 5.03. The average molecular weight is 242 g/mol. The Balaban J connectivity index is 0.000000396. The predicted octanol–water partition coefficient (Wildman–Crippen LogP) is 2.83. The van der Waals surface area contributed by atoms with Gasteiger partial charge < -0.3 is 0 Å². The van der Waals surface area contributed by atoms with Gasteiger partial charge in [0.25, 0.3) is 0 Å². The molecule has 4 heteroatoms. The van der Waals surface area contributed by atoms with E-state index in [1.165, 1.54) is 0 Å². The van der Waals surface area contributed by atoms with Crippen LogP contribution in [-0.2, 0) is 0 Å². The van der Waals surface area contributed by atoms with Gasteiger partial charge in [-0.15, -0.1) is 0 Å². The van der Waals surface area contributed by atoms with E-state index < -0.39 is 0 Å². The van der Waals surface area contributed by atoms with Gasteiger partial charge in [-0.1, -0.05) is 13.8 Å². The lowest BCUT2D eigenvalue weighted by molar-refractivity contribution is 1.05. The number of halogens is 1. The lowest BCUT2D eigenvalue weighted by atomic mass is 10.5. The van der Waals surface area contributed by atoms with Gasteiger partial charge in [-0.2, -0.15) is 0 Å². The van der Waals surface area contributed by atoms with Crippen molar-refractivity contribution in [3.8, 4) is 0 Å². The van der Waals surface area contributed by atoms with Crippen molar-refractivity contribution in [3.63, 3.8) is 0 Å². The summed E-state index contributed by atoms with van der Waals surface area (Å²) in [4.78, 5) is 8.30. The van der Waals surface area contributed by atoms with Gasteiger partial charge in [-0.25, -0.2) is 9.97 Å². The Morgan fingerprint density at radius 1 is 1.38 bits per heavy atom. The number of fused-ring (bicyclic) bond motifs is 1. The van der Waals surface area contributed by atoms with Crippen LogP contribution >= 0.6 is 15.9 Å². The highest BCUT2D eigenvalue weighted by molar-refractivity contribution is 9.10. The smallest absolute Gasteiger partial charge is 0.234 e. The van der Waals surface area contributed by atoms with Gasteiger partial charge in [-0.3, -0.25) is 4.40 Å². The number of aromatic nitrogens is 3. The lowest BCUT2D eigenvalue weighted by Gasteiger charge is -1.93. The van der Waals surface area contributed by atoms with E-state index in [0.717, 1.165) is 16.1 Å². The molecule has 0 fully saturated rings. The van der Waals surface area contributed by atoms with E-state index in [1.54, 1.807) is 6.20 Å². The minimum Gasteiger partial charge on any atom is -0.278 e. The SMILES string of the molecule is CC.Cc1ccn2c(Br)cnc2n1. The Labute approximate surface area is 86.0 Å². The molecule has 2 rings (SSSR count). The van der Waals surface area contributed by atoms with E-state index in [4.69, 9.17) is 0 Å². The molecule has 0 bridgehead atoms. The first kappa shape index (κ1) is 10.2. The van der Waals surface area contributed by atoms with Crippen molar-refractivity contribution in [2.45, 2.75) is 20.8 Å². The summed E-state index contributed by atoms with van der Waals surface area (Å²) in [5.41, 5.74) is 0.982. The molecule has 0 spiro atoms. The summed E-state index contributed by atoms with van der Waals surface area (Å²) in [6, 6.07) is 1.94. The third-order valence-corrected chi connectivity index (χ3v) is 2.06. The van der Waals surface area contributed by atoms with Gasteiger partial charge in [0.1, 0.15) is 4.60 Å². The molecule has 0 unspecified atom stereocenters. The normalized spacial score (nSPS) is 9.54. The van der Waals surface area contributed by atoms with Gasteiger partial charge in [-0.05, 0) is 28.9 Å². The Hall–Kier alpha value is -0.900. The fourth-order valence-electron chi connectivity index (χ4n) is 0.929. The van der Waals surface area contributed by atoms with E-state index in [-0.39, 0.29) is 0 Å². The summed E-state index contributed by atoms with van der Waals surface area (Å²) in [5.74, 6) is 0.733. The highest BCUT2D eigenvalue weighted by Crippen LogP contribution is 2.10. The molecule has 0 amide bonds. The average Bonchev–Trinajstić information content (AvgIpc) is 2.51. The second-order valence-electron chi connectivity index (χ2n) is 2.32. The Bertz CT molecular complexity index is 395. The molecule has 13 heavy (non-hydrogen) atoms. The van der Waals surface area contributed by atoms with Crippen molar-refractivity contribution < 1.29 is 0 Å². The van der Waals surface area contributed by atoms with Crippen molar-refractivity contribution in [1.82, 2.24) is 14.4 Å². The number of nitrogens with zero attached hydrogens (tertiary/aromatic N) is 3. The number of imidazole rings is 1. The molecule has 0 aromatic carbocycles. The maximum Gasteiger partial charge on any atom is 0.234 e. The molecule has 0 radical (unpaired) electrons. The molecule has 2 aromatic heterocycles. The lowest BCUT2D eigenvalue weighted by Crippen LogP contribution is -1.89. The van der Waals surface area contributed by atoms with Gasteiger partial charge in [0.05, 0.1) is 6.20 Å². The van der Waals surface area contributed by atoms with Crippen molar-refractivity contribution in [1.29, 1.82) is 0 Å². The fourth-order valence-corrected chi connectivity index (χ4v) is 1.31. The third-order valence-electron chi connectivity index (χ3n) is 1.47. The Kier molecular flexibility index (Phi) is 3.42. The molecule has 0 aliphatic carbocycles. The number of hydrogen-bond acceptors (Lipinski definition) is 2. The molecule has 2 aromatic rings. The van der Waals surface area contributed by atoms with Crippen LogP contribution < -0.4 is 0 Å². The van der Waals surface area contributed by atoms with E-state index in [9.17, 15) is 0 Å². The molecule has 0 N–H and O–H groups in total. The van der Waals surface area contributed by atoms with Crippen LogP contribution in [0.2, 0.25) is 0 Å². The number of rotatable bonds is 0. The monoisotopic (exact) mass is 241 g/mol. The van der Waals surface area contributed by atoms with E-state index in [1.807, 2.05) is 37.4 Å². The second kappa shape index (κ2) is 4.37. The quantitative estimate of drug-likeness (QED) is 0.711. The van der Waals surface area contributed by atoms with Crippen LogP contribution in [0.1, 0.15) is 19.5 Å². The summed E-state index contributed by atoms with van der Waals surface area (Å²) in [7, 11) is 0. The minimum atomic E-state index is 0.733. The standard InChI is InChI=1S/C7H6BrN3.C2H6/c1-5-2-3-11-6(8)4-9-7(11)10-5;1-2/h2-4H,1H3;1-2H3. The van der Waals surface area contributed by atoms with Crippen LogP contribution in [-0.4, -0.2) is 14.4 Å². The minimum absolute atomic E-state index is 0.733. The van der Waals surface area contributed by atoms with Crippen molar-refractivity contribution in [2.24, 2.45) is 0 Å². The largest absolute Gasteiger partial charge is 0.278 e. The number of aryl methyl sites for hydroxylation is 1. The molecule has 2 heterocycles. The molecular weight excluding hydrogens is 230 g/mol. The van der Waals surface area contributed by atoms with E-state index in [0.29, 0.717) is 0 Å². The molecule has 3 nitrogen and oxygen atoms in total. The van der Waals surface area contributed by atoms with Gasteiger partial charge >= 0.3 is 0 Å². The van der Waals surface area contributed by atoms with Gasteiger partial charge in [0, 0.05) is 11.9 Å². The van der Waals surface area contributed by atoms with Crippen molar-refractivity contribution in [2.75, 3.05) is 0 Å². The van der Waals surface area contributed by atoms with Crippen LogP contribution in [0.3, 0.4) is 0 Å². The molecule has 0 aliphatic rings. The topological polar surface area (TPSA) is 30.2 Å². The molecule has 0 atom stereocenters. The molecule has 70 valence electrons. The van der Waals surface area contributed by atoms with Crippen LogP contribution in [0, 0.1) is 6.92 Å². The van der Waals surface area contributed by atoms with Crippen LogP contribution in [0.4, 0.5) is 0 Å². The Morgan fingerprint density at radius 3 is 2.77 bits per heavy atom. The molecule has 0 saturated carbocycles. The molecular formula is C9H12BrN3. The van der Waals surface area contributed by atoms with E-state index in [2.05, 4.69) is 25.9 Å². The predicted molar refractivity (Wildman–Crippen MR) is 56.8 cm³/mol. The highest BCUT2D eigenvalue weighted by Gasteiger charge is 1.99. The summed E-state index contributed by atoms with van der Waals surface area (Å²) < 4.78 is 2.81. The first-order valence-electron chi connectivity index (χ1n) is 4.23. The van der Waals surface area contributed by atoms with Crippen molar-refractivity contribution in [3.05, 3.63) is 28.8 Å². The fraction of sp³-hybridized carbons (Fsp3) is 0.333. The summed E-state index contributed by atoms with van der Waals surface area (Å²) in [5, 5.41) is 0. The maximum atomic E-state index is 4.22. The number of hydrogen-bond donors (Lipinski definition) is 0. The maximum absolute atomic E-state index is 4.22. The second-order valence-corrected chi connectivity index (χ2v) is 3.13. The summed E-state index contributed by atoms with van der Waals surface area (Å²) in [6.45, 7) is 5.95. The highest BCUT2D eigenvalue weighted by atomic mass is 79.9. The third kappa shape index (κ3) is 2.06. The van der Waals surface area contributed by atoms with Crippen LogP contribution in [0.15, 0.2) is 23.1 Å². The summed E-state index contributed by atoms with van der Waals surface area (Å²) >= 11 is 3.35. The van der Waals surface area contributed by atoms with Crippen LogP contribution in [0.25, 0.3) is 5.78 Å². The van der Waals surface area contributed by atoms with E-state index >= 15 is 0 Å². The van der Waals surface area contributed by atoms with Gasteiger partial charge in [0.15, 0.2) is 0 Å². The zero-order valence-corrected chi connectivity index (χ0v) is 9.54. The van der Waals surface area contributed by atoms with Crippen LogP contribution in [0.5, 0.6) is 0 Å². The zero-order valence-electron chi connectivity index (χ0n) is 7.95. The Morgan fingerprint density at radius 2 is 2.08 bits per heavy atom. The summed E-state index contributed by atoms with van der Waals surface area (Å²) in [6.07, 6.45) is 3.68. The van der Waals surface area contributed by atoms with Crippen molar-refractivity contribution >= 4 is 21.7 Å². The molecule has 0 aliphatic heterocycles. The van der Waals surface area contributed by atoms with Gasteiger partial charge in [0.2, 0.25) is 5.78 Å².